The molecule has 0 heterocycles. The number of rotatable bonds is 2. The SMILES string of the molecule is Cc1ccc(C(=O)c2cc(F)c(Cl)cc2F)cc1. The minimum Gasteiger partial charge on any atom is -0.288 e. The second kappa shape index (κ2) is 4.86. The molecule has 0 unspecified atom stereocenters. The highest BCUT2D eigenvalue weighted by molar-refractivity contribution is 6.30. The van der Waals surface area contributed by atoms with Crippen molar-refractivity contribution in [1.82, 2.24) is 0 Å². The van der Waals surface area contributed by atoms with E-state index >= 15 is 0 Å². The Labute approximate surface area is 108 Å². The lowest BCUT2D eigenvalue weighted by Gasteiger charge is -2.04. The van der Waals surface area contributed by atoms with Gasteiger partial charge in [0, 0.05) is 5.56 Å². The largest absolute Gasteiger partial charge is 0.288 e. The van der Waals surface area contributed by atoms with Gasteiger partial charge in [-0.3, -0.25) is 4.79 Å². The van der Waals surface area contributed by atoms with Crippen LogP contribution < -0.4 is 0 Å². The fraction of sp³-hybridized carbons (Fsp3) is 0.0714. The molecule has 0 spiro atoms. The van der Waals surface area contributed by atoms with Crippen molar-refractivity contribution in [3.05, 3.63) is 69.7 Å². The van der Waals surface area contributed by atoms with Crippen molar-refractivity contribution in [3.63, 3.8) is 0 Å². The third-order valence-corrected chi connectivity index (χ3v) is 2.86. The third-order valence-electron chi connectivity index (χ3n) is 2.57. The maximum atomic E-state index is 13.6. The van der Waals surface area contributed by atoms with Crippen LogP contribution in [0.2, 0.25) is 5.02 Å². The summed E-state index contributed by atoms with van der Waals surface area (Å²) in [6.07, 6.45) is 0. The number of hydrogen-bond acceptors (Lipinski definition) is 1. The lowest BCUT2D eigenvalue weighted by Crippen LogP contribution is -2.05. The normalized spacial score (nSPS) is 10.4. The molecular formula is C14H9ClF2O. The van der Waals surface area contributed by atoms with Crippen LogP contribution in [-0.2, 0) is 0 Å². The van der Waals surface area contributed by atoms with Gasteiger partial charge in [-0.2, -0.15) is 0 Å². The molecule has 2 rings (SSSR count). The predicted molar refractivity (Wildman–Crippen MR) is 66.0 cm³/mol. The first-order chi connectivity index (χ1) is 8.49. The van der Waals surface area contributed by atoms with E-state index in [0.29, 0.717) is 5.56 Å². The number of ketones is 1. The van der Waals surface area contributed by atoms with Gasteiger partial charge in [-0.1, -0.05) is 41.4 Å². The zero-order valence-corrected chi connectivity index (χ0v) is 10.3. The molecule has 0 saturated heterocycles. The molecule has 0 N–H and O–H groups in total. The van der Waals surface area contributed by atoms with Crippen LogP contribution in [0.15, 0.2) is 36.4 Å². The van der Waals surface area contributed by atoms with Gasteiger partial charge >= 0.3 is 0 Å². The summed E-state index contributed by atoms with van der Waals surface area (Å²) in [5, 5.41) is -0.340. The highest BCUT2D eigenvalue weighted by atomic mass is 35.5. The van der Waals surface area contributed by atoms with E-state index in [1.54, 1.807) is 24.3 Å². The van der Waals surface area contributed by atoms with Gasteiger partial charge < -0.3 is 0 Å². The Morgan fingerprint density at radius 2 is 1.67 bits per heavy atom. The van der Waals surface area contributed by atoms with Gasteiger partial charge in [0.1, 0.15) is 11.6 Å². The van der Waals surface area contributed by atoms with E-state index in [0.717, 1.165) is 17.7 Å². The van der Waals surface area contributed by atoms with Crippen LogP contribution >= 0.6 is 11.6 Å². The van der Waals surface area contributed by atoms with Gasteiger partial charge in [0.15, 0.2) is 5.78 Å². The van der Waals surface area contributed by atoms with Crippen LogP contribution in [0.25, 0.3) is 0 Å². The fourth-order valence-corrected chi connectivity index (χ4v) is 1.71. The fourth-order valence-electron chi connectivity index (χ4n) is 1.56. The third kappa shape index (κ3) is 2.41. The first kappa shape index (κ1) is 12.7. The van der Waals surface area contributed by atoms with E-state index in [1.165, 1.54) is 0 Å². The summed E-state index contributed by atoms with van der Waals surface area (Å²) in [6, 6.07) is 8.24. The summed E-state index contributed by atoms with van der Waals surface area (Å²) in [6.45, 7) is 1.87. The van der Waals surface area contributed by atoms with Gasteiger partial charge in [0.05, 0.1) is 10.6 Å². The Bertz CT molecular complexity index is 606. The van der Waals surface area contributed by atoms with E-state index in [2.05, 4.69) is 0 Å². The summed E-state index contributed by atoms with van der Waals surface area (Å²) in [4.78, 5) is 12.0. The number of benzene rings is 2. The van der Waals surface area contributed by atoms with E-state index < -0.39 is 17.4 Å². The Kier molecular flexibility index (Phi) is 3.43. The van der Waals surface area contributed by atoms with Crippen LogP contribution in [0.4, 0.5) is 8.78 Å². The van der Waals surface area contributed by atoms with Crippen molar-refractivity contribution in [3.8, 4) is 0 Å². The van der Waals surface area contributed by atoms with Gasteiger partial charge in [-0.05, 0) is 19.1 Å². The average molecular weight is 267 g/mol. The number of carbonyl (C=O) groups excluding carboxylic acids is 1. The smallest absolute Gasteiger partial charge is 0.196 e. The van der Waals surface area contributed by atoms with E-state index in [1.807, 2.05) is 6.92 Å². The predicted octanol–water partition coefficient (Wildman–Crippen LogP) is 4.16. The Morgan fingerprint density at radius 3 is 2.28 bits per heavy atom. The second-order valence-electron chi connectivity index (χ2n) is 3.94. The Morgan fingerprint density at radius 1 is 1.06 bits per heavy atom. The monoisotopic (exact) mass is 266 g/mol. The number of halogens is 3. The first-order valence-electron chi connectivity index (χ1n) is 5.25. The topological polar surface area (TPSA) is 17.1 Å². The van der Waals surface area contributed by atoms with Crippen molar-refractivity contribution in [1.29, 1.82) is 0 Å². The van der Waals surface area contributed by atoms with Gasteiger partial charge in [-0.25, -0.2) is 8.78 Å². The van der Waals surface area contributed by atoms with Gasteiger partial charge in [0.25, 0.3) is 0 Å². The molecule has 0 saturated carbocycles. The highest BCUT2D eigenvalue weighted by Crippen LogP contribution is 2.21. The summed E-state index contributed by atoms with van der Waals surface area (Å²) in [7, 11) is 0. The molecule has 0 aromatic heterocycles. The zero-order chi connectivity index (χ0) is 13.3. The molecular weight excluding hydrogens is 258 g/mol. The Hall–Kier alpha value is -1.74. The second-order valence-corrected chi connectivity index (χ2v) is 4.35. The van der Waals surface area contributed by atoms with Crippen molar-refractivity contribution in [2.75, 3.05) is 0 Å². The number of aryl methyl sites for hydroxylation is 1. The summed E-state index contributed by atoms with van der Waals surface area (Å²) in [5.41, 5.74) is 0.969. The maximum Gasteiger partial charge on any atom is 0.196 e. The van der Waals surface area contributed by atoms with Crippen LogP contribution in [-0.4, -0.2) is 5.78 Å². The van der Waals surface area contributed by atoms with Crippen LogP contribution in [0.5, 0.6) is 0 Å². The molecule has 92 valence electrons. The zero-order valence-electron chi connectivity index (χ0n) is 9.51. The Balaban J connectivity index is 2.46. The average Bonchev–Trinajstić information content (AvgIpc) is 2.34. The molecule has 1 nitrogen and oxygen atoms in total. The molecule has 0 aliphatic rings. The molecule has 0 bridgehead atoms. The molecule has 0 atom stereocenters. The molecule has 2 aromatic carbocycles. The number of hydrogen-bond donors (Lipinski definition) is 0. The lowest BCUT2D eigenvalue weighted by molar-refractivity contribution is 0.103. The van der Waals surface area contributed by atoms with Gasteiger partial charge in [0.2, 0.25) is 0 Å². The van der Waals surface area contributed by atoms with Crippen molar-refractivity contribution >= 4 is 17.4 Å². The number of carbonyl (C=O) groups is 1. The minimum absolute atomic E-state index is 0.307. The van der Waals surface area contributed by atoms with Gasteiger partial charge in [-0.15, -0.1) is 0 Å². The quantitative estimate of drug-likeness (QED) is 0.589. The minimum atomic E-state index is -0.827. The van der Waals surface area contributed by atoms with E-state index in [-0.39, 0.29) is 10.6 Å². The molecule has 0 amide bonds. The van der Waals surface area contributed by atoms with E-state index in [4.69, 9.17) is 11.6 Å². The molecule has 0 aliphatic carbocycles. The maximum absolute atomic E-state index is 13.6. The molecule has 2 aromatic rings. The lowest BCUT2D eigenvalue weighted by atomic mass is 10.0. The summed E-state index contributed by atoms with van der Waals surface area (Å²) in [5.74, 6) is -2.21. The molecule has 0 radical (unpaired) electrons. The summed E-state index contributed by atoms with van der Waals surface area (Å²) < 4.78 is 26.8. The van der Waals surface area contributed by atoms with Crippen molar-refractivity contribution in [2.24, 2.45) is 0 Å². The molecule has 4 heteroatoms. The summed E-state index contributed by atoms with van der Waals surface area (Å²) >= 11 is 5.43. The van der Waals surface area contributed by atoms with Crippen LogP contribution in [0, 0.1) is 18.6 Å². The van der Waals surface area contributed by atoms with E-state index in [9.17, 15) is 13.6 Å². The molecule has 0 fully saturated rings. The van der Waals surface area contributed by atoms with Crippen molar-refractivity contribution in [2.45, 2.75) is 6.92 Å². The molecule has 0 aliphatic heterocycles. The van der Waals surface area contributed by atoms with Crippen LogP contribution in [0.3, 0.4) is 0 Å². The van der Waals surface area contributed by atoms with Crippen molar-refractivity contribution < 1.29 is 13.6 Å². The first-order valence-corrected chi connectivity index (χ1v) is 5.63. The highest BCUT2D eigenvalue weighted by Gasteiger charge is 2.16. The standard InChI is InChI=1S/C14H9ClF2O/c1-8-2-4-9(5-3-8)14(18)10-6-13(17)11(15)7-12(10)16/h2-7H,1H3. The van der Waals surface area contributed by atoms with Crippen LogP contribution in [0.1, 0.15) is 21.5 Å². The molecule has 18 heavy (non-hydrogen) atoms.